The summed E-state index contributed by atoms with van der Waals surface area (Å²) in [7, 11) is 0. The van der Waals surface area contributed by atoms with Crippen molar-refractivity contribution in [1.29, 1.82) is 0 Å². The zero-order chi connectivity index (χ0) is 29.5. The molecule has 1 heterocycles. The number of Topliss-reactive ketones (excluding diaryl/α,β-unsaturated/α-hetero) is 1. The Labute approximate surface area is 251 Å². The summed E-state index contributed by atoms with van der Waals surface area (Å²) in [5, 5.41) is 40.3. The fourth-order valence-corrected chi connectivity index (χ4v) is 10.2. The quantitative estimate of drug-likeness (QED) is 0.143. The molecule has 234 valence electrons. The summed E-state index contributed by atoms with van der Waals surface area (Å²) < 4.78 is 11.8. The van der Waals surface area contributed by atoms with E-state index in [0.29, 0.717) is 24.2 Å². The lowest BCUT2D eigenvalue weighted by Crippen LogP contribution is -2.59. The van der Waals surface area contributed by atoms with Crippen LogP contribution in [0.15, 0.2) is 11.6 Å². The lowest BCUT2D eigenvalue weighted by molar-refractivity contribution is -0.221. The molecular formula is C33H54O7S. The fraction of sp³-hybridized carbons (Fsp3) is 0.909. The SMILES string of the molecule is CC(=O)[C@H]1CCC2C3CC=C4C[C@H](OCCCCCCC(O)[C@H]5O[C@@H](S)[C@@H](O)[C@@H](O)[C@@H]5O)CC[C@]4(C)C3CC[C@@]21C. The topological polar surface area (TPSA) is 116 Å². The largest absolute Gasteiger partial charge is 0.390 e. The maximum Gasteiger partial charge on any atom is 0.133 e. The van der Waals surface area contributed by atoms with E-state index in [1.807, 2.05) is 6.92 Å². The van der Waals surface area contributed by atoms with Gasteiger partial charge >= 0.3 is 0 Å². The normalized spacial score (nSPS) is 46.7. The van der Waals surface area contributed by atoms with E-state index in [9.17, 15) is 25.2 Å². The Bertz CT molecular complexity index is 958. The summed E-state index contributed by atoms with van der Waals surface area (Å²) in [6.45, 7) is 7.52. The van der Waals surface area contributed by atoms with Crippen molar-refractivity contribution in [2.45, 2.75) is 146 Å². The van der Waals surface area contributed by atoms with Gasteiger partial charge in [0.1, 0.15) is 35.6 Å². The first-order valence-electron chi connectivity index (χ1n) is 16.3. The average Bonchev–Trinajstić information content (AvgIpc) is 3.30. The van der Waals surface area contributed by atoms with E-state index in [2.05, 4.69) is 32.6 Å². The summed E-state index contributed by atoms with van der Waals surface area (Å²) in [5.74, 6) is 2.84. The molecule has 1 aliphatic heterocycles. The third-order valence-electron chi connectivity index (χ3n) is 12.3. The van der Waals surface area contributed by atoms with Crippen LogP contribution in [0.1, 0.15) is 104 Å². The highest BCUT2D eigenvalue weighted by Gasteiger charge is 2.59. The second-order valence-corrected chi connectivity index (χ2v) is 15.0. The van der Waals surface area contributed by atoms with Crippen LogP contribution in [-0.2, 0) is 14.3 Å². The predicted molar refractivity (Wildman–Crippen MR) is 160 cm³/mol. The van der Waals surface area contributed by atoms with Gasteiger partial charge in [-0.1, -0.05) is 44.8 Å². The number of ketones is 1. The minimum atomic E-state index is -1.38. The van der Waals surface area contributed by atoms with Crippen LogP contribution in [0.25, 0.3) is 0 Å². The molecule has 41 heavy (non-hydrogen) atoms. The first-order valence-corrected chi connectivity index (χ1v) is 16.9. The molecule has 0 amide bonds. The molecule has 1 saturated heterocycles. The monoisotopic (exact) mass is 594 g/mol. The summed E-state index contributed by atoms with van der Waals surface area (Å²) >= 11 is 4.09. The fourth-order valence-electron chi connectivity index (χ4n) is 9.87. The van der Waals surface area contributed by atoms with Gasteiger partial charge in [-0.2, -0.15) is 0 Å². The molecule has 0 aromatic rings. The lowest BCUT2D eigenvalue weighted by Gasteiger charge is -2.58. The average molecular weight is 595 g/mol. The minimum absolute atomic E-state index is 0.208. The molecule has 0 radical (unpaired) electrons. The summed E-state index contributed by atoms with van der Waals surface area (Å²) in [6, 6.07) is 0. The van der Waals surface area contributed by atoms with Crippen LogP contribution in [0.4, 0.5) is 0 Å². The molecule has 3 saturated carbocycles. The first-order chi connectivity index (χ1) is 19.5. The van der Waals surface area contributed by atoms with E-state index in [1.54, 1.807) is 5.57 Å². The van der Waals surface area contributed by atoms with Gasteiger partial charge in [-0.25, -0.2) is 0 Å². The van der Waals surface area contributed by atoms with Crippen LogP contribution in [0.3, 0.4) is 0 Å². The molecule has 0 aromatic heterocycles. The van der Waals surface area contributed by atoms with Crippen molar-refractivity contribution in [3.8, 4) is 0 Å². The molecule has 4 N–H and O–H groups in total. The minimum Gasteiger partial charge on any atom is -0.390 e. The third-order valence-corrected chi connectivity index (χ3v) is 12.7. The van der Waals surface area contributed by atoms with Gasteiger partial charge in [0.2, 0.25) is 0 Å². The van der Waals surface area contributed by atoms with Crippen molar-refractivity contribution < 1.29 is 34.7 Å². The number of fused-ring (bicyclic) bond motifs is 5. The van der Waals surface area contributed by atoms with Crippen molar-refractivity contribution in [1.82, 2.24) is 0 Å². The maximum atomic E-state index is 12.4. The van der Waals surface area contributed by atoms with Crippen molar-refractivity contribution in [3.63, 3.8) is 0 Å². The number of carbonyl (C=O) groups excluding carboxylic acids is 1. The van der Waals surface area contributed by atoms with E-state index in [1.165, 1.54) is 32.1 Å². The van der Waals surface area contributed by atoms with Gasteiger partial charge < -0.3 is 29.9 Å². The highest BCUT2D eigenvalue weighted by atomic mass is 32.1. The van der Waals surface area contributed by atoms with Gasteiger partial charge in [-0.05, 0) is 99.7 Å². The van der Waals surface area contributed by atoms with Gasteiger partial charge in [0.25, 0.3) is 0 Å². The van der Waals surface area contributed by atoms with Crippen molar-refractivity contribution >= 4 is 18.4 Å². The summed E-state index contributed by atoms with van der Waals surface area (Å²) in [4.78, 5) is 12.4. The Morgan fingerprint density at radius 3 is 2.54 bits per heavy atom. The van der Waals surface area contributed by atoms with E-state index < -0.39 is 36.0 Å². The molecule has 0 bridgehead atoms. The van der Waals surface area contributed by atoms with Gasteiger partial charge in [0.15, 0.2) is 0 Å². The van der Waals surface area contributed by atoms with E-state index in [4.69, 9.17) is 9.47 Å². The molecule has 8 heteroatoms. The van der Waals surface area contributed by atoms with E-state index in [-0.39, 0.29) is 16.7 Å². The smallest absolute Gasteiger partial charge is 0.133 e. The maximum absolute atomic E-state index is 12.4. The number of aliphatic hydroxyl groups is 4. The standard InChI is InChI=1S/C33H54O7S/c1-19(34)23-11-12-24-22-10-9-20-18-21(13-15-32(20,2)25(22)14-16-33(23,24)3)39-17-7-5-4-6-8-26(35)30-28(37)27(36)29(38)31(41)40-30/h9,21-31,35-38,41H,4-8,10-18H2,1-3H3/t21-,22?,23-,24?,25?,26?,27+,28+,29+,30-,31+,32+,33-/m1/s1. The Balaban J connectivity index is 1.02. The number of ether oxygens (including phenoxy) is 2. The molecule has 5 rings (SSSR count). The second-order valence-electron chi connectivity index (χ2n) is 14.5. The van der Waals surface area contributed by atoms with Gasteiger partial charge in [0.05, 0.1) is 12.2 Å². The highest BCUT2D eigenvalue weighted by molar-refractivity contribution is 7.80. The van der Waals surface area contributed by atoms with Gasteiger partial charge in [-0.15, -0.1) is 12.6 Å². The highest BCUT2D eigenvalue weighted by Crippen LogP contribution is 2.66. The number of rotatable bonds is 10. The number of hydrogen-bond donors (Lipinski definition) is 5. The molecule has 5 aliphatic rings. The first kappa shape index (κ1) is 31.9. The predicted octanol–water partition coefficient (Wildman–Crippen LogP) is 4.59. The number of unbranched alkanes of at least 4 members (excludes halogenated alkanes) is 3. The zero-order valence-corrected chi connectivity index (χ0v) is 26.2. The Hall–Kier alpha value is -0.480. The number of carbonyl (C=O) groups is 1. The van der Waals surface area contributed by atoms with Gasteiger partial charge in [0, 0.05) is 12.5 Å². The molecule has 4 fully saturated rings. The van der Waals surface area contributed by atoms with Crippen molar-refractivity contribution in [2.75, 3.05) is 6.61 Å². The summed E-state index contributed by atoms with van der Waals surface area (Å²) in [6.07, 6.45) is 10.5. The number of hydrogen-bond acceptors (Lipinski definition) is 8. The molecule has 13 atom stereocenters. The number of aliphatic hydroxyl groups excluding tert-OH is 4. The van der Waals surface area contributed by atoms with Crippen LogP contribution in [0.5, 0.6) is 0 Å². The van der Waals surface area contributed by atoms with Crippen LogP contribution >= 0.6 is 12.6 Å². The molecule has 7 nitrogen and oxygen atoms in total. The second kappa shape index (κ2) is 12.9. The lowest BCUT2D eigenvalue weighted by atomic mass is 9.47. The van der Waals surface area contributed by atoms with E-state index in [0.717, 1.165) is 63.4 Å². The van der Waals surface area contributed by atoms with Crippen LogP contribution < -0.4 is 0 Å². The van der Waals surface area contributed by atoms with Crippen molar-refractivity contribution in [3.05, 3.63) is 11.6 Å². The molecule has 0 spiro atoms. The van der Waals surface area contributed by atoms with Crippen molar-refractivity contribution in [2.24, 2.45) is 34.5 Å². The Morgan fingerprint density at radius 2 is 1.78 bits per heavy atom. The zero-order valence-electron chi connectivity index (χ0n) is 25.3. The summed E-state index contributed by atoms with van der Waals surface area (Å²) in [5.41, 5.74) is 1.19. The number of allylic oxidation sites excluding steroid dienone is 1. The van der Waals surface area contributed by atoms with E-state index >= 15 is 0 Å². The Kier molecular flexibility index (Phi) is 10.0. The Morgan fingerprint density at radius 1 is 1.02 bits per heavy atom. The number of thiol groups is 1. The van der Waals surface area contributed by atoms with Gasteiger partial charge in [-0.3, -0.25) is 4.79 Å². The molecule has 0 aromatic carbocycles. The van der Waals surface area contributed by atoms with Crippen LogP contribution in [0.2, 0.25) is 0 Å². The van der Waals surface area contributed by atoms with Crippen LogP contribution in [-0.4, -0.2) is 74.9 Å². The molecule has 4 unspecified atom stereocenters. The van der Waals surface area contributed by atoms with Crippen LogP contribution in [0, 0.1) is 34.5 Å². The molecule has 4 aliphatic carbocycles. The third kappa shape index (κ3) is 6.10. The molecular weight excluding hydrogens is 540 g/mol.